The summed E-state index contributed by atoms with van der Waals surface area (Å²) in [4.78, 5) is 16.7. The van der Waals surface area contributed by atoms with E-state index in [4.69, 9.17) is 0 Å². The Labute approximate surface area is 164 Å². The maximum atomic E-state index is 12.5. The van der Waals surface area contributed by atoms with E-state index in [1.54, 1.807) is 12.1 Å². The summed E-state index contributed by atoms with van der Waals surface area (Å²) in [5.74, 6) is 0.286. The normalized spacial score (nSPS) is 18.8. The van der Waals surface area contributed by atoms with Crippen LogP contribution >= 0.6 is 11.3 Å². The summed E-state index contributed by atoms with van der Waals surface area (Å²) in [5, 5.41) is 0. The molecule has 2 aliphatic carbocycles. The van der Waals surface area contributed by atoms with Crippen LogP contribution in [0.4, 0.5) is 0 Å². The highest BCUT2D eigenvalue weighted by molar-refractivity contribution is 7.89. The Hall–Kier alpha value is -1.70. The van der Waals surface area contributed by atoms with Gasteiger partial charge in [0.1, 0.15) is 0 Å². The van der Waals surface area contributed by atoms with Crippen LogP contribution in [0.25, 0.3) is 0 Å². The van der Waals surface area contributed by atoms with Crippen LogP contribution in [0.15, 0.2) is 29.2 Å². The highest BCUT2D eigenvalue weighted by Gasteiger charge is 2.23. The highest BCUT2D eigenvalue weighted by atomic mass is 32.2. The number of fused-ring (bicyclic) bond motifs is 2. The lowest BCUT2D eigenvalue weighted by molar-refractivity contribution is 0.0949. The third-order valence-electron chi connectivity index (χ3n) is 5.67. The number of benzene rings is 1. The first-order valence-corrected chi connectivity index (χ1v) is 11.8. The van der Waals surface area contributed by atoms with Crippen molar-refractivity contribution in [2.45, 2.75) is 56.8 Å². The lowest BCUT2D eigenvalue weighted by Crippen LogP contribution is -2.41. The van der Waals surface area contributed by atoms with Crippen molar-refractivity contribution in [1.29, 1.82) is 0 Å². The maximum Gasteiger partial charge on any atom is 0.276 e. The molecule has 1 aromatic carbocycles. The molecule has 0 spiro atoms. The molecule has 0 fully saturated rings. The van der Waals surface area contributed by atoms with Gasteiger partial charge in [-0.05, 0) is 79.3 Å². The van der Waals surface area contributed by atoms with E-state index in [0.717, 1.165) is 50.5 Å². The van der Waals surface area contributed by atoms with E-state index in [-0.39, 0.29) is 4.90 Å². The second-order valence-corrected chi connectivity index (χ2v) is 10.2. The fourth-order valence-electron chi connectivity index (χ4n) is 4.01. The number of carbonyl (C=O) groups excluding carboxylic acids is 1. The van der Waals surface area contributed by atoms with Crippen molar-refractivity contribution in [2.24, 2.45) is 5.92 Å². The molecule has 1 atom stereocenters. The van der Waals surface area contributed by atoms with Crippen molar-refractivity contribution in [3.05, 3.63) is 50.7 Å². The number of nitrogens with one attached hydrogen (secondary N) is 2. The monoisotopic (exact) mass is 404 g/mol. The molecule has 1 heterocycles. The van der Waals surface area contributed by atoms with Crippen molar-refractivity contribution >= 4 is 27.3 Å². The predicted molar refractivity (Wildman–Crippen MR) is 106 cm³/mol. The lowest BCUT2D eigenvalue weighted by Gasteiger charge is -2.19. The van der Waals surface area contributed by atoms with E-state index in [1.165, 1.54) is 27.3 Å². The molecule has 0 radical (unpaired) electrons. The number of rotatable bonds is 5. The zero-order valence-electron chi connectivity index (χ0n) is 15.4. The summed E-state index contributed by atoms with van der Waals surface area (Å²) in [7, 11) is -3.78. The van der Waals surface area contributed by atoms with Crippen LogP contribution in [0.3, 0.4) is 0 Å². The summed E-state index contributed by atoms with van der Waals surface area (Å²) in [6.07, 6.45) is 7.30. The molecule has 5 nitrogen and oxygen atoms in total. The molecule has 2 N–H and O–H groups in total. The van der Waals surface area contributed by atoms with E-state index in [1.807, 2.05) is 12.1 Å². The highest BCUT2D eigenvalue weighted by Crippen LogP contribution is 2.33. The van der Waals surface area contributed by atoms with Gasteiger partial charge in [0.15, 0.2) is 0 Å². The number of hydrazine groups is 1. The molecule has 0 bridgehead atoms. The Morgan fingerprint density at radius 2 is 1.96 bits per heavy atom. The molecule has 0 saturated carbocycles. The van der Waals surface area contributed by atoms with Gasteiger partial charge in [0.2, 0.25) is 0 Å². The van der Waals surface area contributed by atoms with Crippen LogP contribution in [0, 0.1) is 5.92 Å². The average molecular weight is 405 g/mol. The van der Waals surface area contributed by atoms with Crippen LogP contribution < -0.4 is 10.3 Å². The minimum atomic E-state index is -3.78. The number of sulfonamides is 1. The second kappa shape index (κ2) is 7.37. The smallest absolute Gasteiger partial charge is 0.273 e. The molecular weight excluding hydrogens is 380 g/mol. The van der Waals surface area contributed by atoms with Crippen molar-refractivity contribution in [3.8, 4) is 0 Å². The molecule has 1 amide bonds. The van der Waals surface area contributed by atoms with Crippen molar-refractivity contribution in [3.63, 3.8) is 0 Å². The van der Waals surface area contributed by atoms with Gasteiger partial charge in [-0.15, -0.1) is 16.2 Å². The van der Waals surface area contributed by atoms with Crippen LogP contribution in [0.5, 0.6) is 0 Å². The van der Waals surface area contributed by atoms with Crippen molar-refractivity contribution in [2.75, 3.05) is 0 Å². The number of hydrogen-bond acceptors (Lipinski definition) is 4. The van der Waals surface area contributed by atoms with Gasteiger partial charge < -0.3 is 0 Å². The van der Waals surface area contributed by atoms with Gasteiger partial charge in [-0.2, -0.15) is 0 Å². The topological polar surface area (TPSA) is 75.3 Å². The standard InChI is InChI=1S/C20H24N2O3S2/c1-2-13-6-9-18-16(10-13)12-19(26-18)20(23)21-22-27(24,25)17-8-7-14-4-3-5-15(14)11-17/h7-8,11-13,22H,2-6,9-10H2,1H3,(H,21,23)/t13-/m1/s1. The van der Waals surface area contributed by atoms with Crippen molar-refractivity contribution < 1.29 is 13.2 Å². The predicted octanol–water partition coefficient (Wildman–Crippen LogP) is 3.38. The Morgan fingerprint density at radius 3 is 2.78 bits per heavy atom. The molecule has 2 aliphatic rings. The largest absolute Gasteiger partial charge is 0.276 e. The molecule has 0 saturated heterocycles. The molecule has 1 aromatic heterocycles. The minimum absolute atomic E-state index is 0.194. The first kappa shape index (κ1) is 18.7. The van der Waals surface area contributed by atoms with Gasteiger partial charge in [0.05, 0.1) is 9.77 Å². The number of carbonyl (C=O) groups is 1. The fourth-order valence-corrected chi connectivity index (χ4v) is 6.00. The van der Waals surface area contributed by atoms with Gasteiger partial charge >= 0.3 is 0 Å². The van der Waals surface area contributed by atoms with E-state index >= 15 is 0 Å². The third-order valence-corrected chi connectivity index (χ3v) is 8.15. The Kier molecular flexibility index (Phi) is 5.09. The van der Waals surface area contributed by atoms with Crippen LogP contribution in [0.1, 0.15) is 57.4 Å². The van der Waals surface area contributed by atoms with Gasteiger partial charge in [0, 0.05) is 4.88 Å². The molecule has 7 heteroatoms. The first-order valence-electron chi connectivity index (χ1n) is 9.52. The number of thiophene rings is 1. The third kappa shape index (κ3) is 3.81. The van der Waals surface area contributed by atoms with Gasteiger partial charge in [-0.3, -0.25) is 10.2 Å². The average Bonchev–Trinajstić information content (AvgIpc) is 3.31. The molecule has 144 valence electrons. The zero-order valence-corrected chi connectivity index (χ0v) is 17.0. The lowest BCUT2D eigenvalue weighted by atomic mass is 9.87. The first-order chi connectivity index (χ1) is 13.0. The molecule has 0 unspecified atom stereocenters. The molecule has 4 rings (SSSR count). The maximum absolute atomic E-state index is 12.5. The quantitative estimate of drug-likeness (QED) is 0.750. The Balaban J connectivity index is 1.44. The van der Waals surface area contributed by atoms with Gasteiger partial charge in [0.25, 0.3) is 15.9 Å². The SMILES string of the molecule is CC[C@@H]1CCc2sc(C(=O)NNS(=O)(=O)c3ccc4c(c3)CCC4)cc2C1. The van der Waals surface area contributed by atoms with Gasteiger partial charge in [-0.25, -0.2) is 8.42 Å². The van der Waals surface area contributed by atoms with E-state index < -0.39 is 15.9 Å². The fraction of sp³-hybridized carbons (Fsp3) is 0.450. The Morgan fingerprint density at radius 1 is 1.15 bits per heavy atom. The molecular formula is C20H24N2O3S2. The molecule has 2 aromatic rings. The van der Waals surface area contributed by atoms with Crippen LogP contribution in [-0.4, -0.2) is 14.3 Å². The van der Waals surface area contributed by atoms with Gasteiger partial charge in [-0.1, -0.05) is 19.4 Å². The van der Waals surface area contributed by atoms with E-state index in [2.05, 4.69) is 17.2 Å². The Bertz CT molecular complexity index is 979. The molecule has 27 heavy (non-hydrogen) atoms. The molecule has 0 aliphatic heterocycles. The number of aryl methyl sites for hydroxylation is 3. The van der Waals surface area contributed by atoms with Crippen LogP contribution in [0.2, 0.25) is 0 Å². The number of hydrogen-bond donors (Lipinski definition) is 2. The summed E-state index contributed by atoms with van der Waals surface area (Å²) in [5.41, 5.74) is 5.91. The van der Waals surface area contributed by atoms with E-state index in [0.29, 0.717) is 10.8 Å². The second-order valence-electron chi connectivity index (χ2n) is 7.42. The summed E-state index contributed by atoms with van der Waals surface area (Å²) >= 11 is 1.47. The van der Waals surface area contributed by atoms with Crippen molar-refractivity contribution in [1.82, 2.24) is 10.3 Å². The number of amides is 1. The summed E-state index contributed by atoms with van der Waals surface area (Å²) in [6, 6.07) is 7.11. The summed E-state index contributed by atoms with van der Waals surface area (Å²) in [6.45, 7) is 2.20. The summed E-state index contributed by atoms with van der Waals surface area (Å²) < 4.78 is 25.0. The zero-order chi connectivity index (χ0) is 19.0. The minimum Gasteiger partial charge on any atom is -0.273 e. The van der Waals surface area contributed by atoms with E-state index in [9.17, 15) is 13.2 Å². The van der Waals surface area contributed by atoms with Crippen LogP contribution in [-0.2, 0) is 35.7 Å².